The van der Waals surface area contributed by atoms with Crippen molar-refractivity contribution in [2.24, 2.45) is 0 Å². The molecule has 19 heavy (non-hydrogen) atoms. The molecule has 0 aliphatic heterocycles. The summed E-state index contributed by atoms with van der Waals surface area (Å²) in [4.78, 5) is 21.0. The van der Waals surface area contributed by atoms with Gasteiger partial charge in [-0.1, -0.05) is 30.3 Å². The molecule has 6 heteroatoms. The summed E-state index contributed by atoms with van der Waals surface area (Å²) < 4.78 is 0. The van der Waals surface area contributed by atoms with Crippen molar-refractivity contribution in [3.05, 3.63) is 35.9 Å². The molecular weight excluding hydrogens is 266 g/mol. The number of nitrogens with one attached hydrogen (secondary N) is 1. The zero-order valence-electron chi connectivity index (χ0n) is 10.4. The predicted octanol–water partition coefficient (Wildman–Crippen LogP) is 1.09. The highest BCUT2D eigenvalue weighted by Gasteiger charge is 2.12. The number of rotatable bonds is 9. The van der Waals surface area contributed by atoms with Crippen molar-refractivity contribution >= 4 is 23.7 Å². The summed E-state index contributed by atoms with van der Waals surface area (Å²) in [5.41, 5.74) is 1.10. The molecule has 3 N–H and O–H groups in total. The van der Waals surface area contributed by atoms with E-state index in [1.165, 1.54) is 11.8 Å². The number of carbonyl (C=O) groups is 2. The molecule has 1 unspecified atom stereocenters. The lowest BCUT2D eigenvalue weighted by atomic mass is 10.1. The first-order chi connectivity index (χ1) is 9.08. The molecule has 0 aromatic heterocycles. The third-order valence-electron chi connectivity index (χ3n) is 2.41. The Hall–Kier alpha value is -1.53. The fourth-order valence-corrected chi connectivity index (χ4v) is 2.42. The molecule has 1 atom stereocenters. The van der Waals surface area contributed by atoms with Crippen molar-refractivity contribution in [2.75, 3.05) is 18.1 Å². The van der Waals surface area contributed by atoms with Gasteiger partial charge in [0.2, 0.25) is 0 Å². The molecule has 0 saturated heterocycles. The second-order valence-electron chi connectivity index (χ2n) is 4.07. The van der Waals surface area contributed by atoms with E-state index in [1.54, 1.807) is 0 Å². The summed E-state index contributed by atoms with van der Waals surface area (Å²) in [6.07, 6.45) is 0.681. The van der Waals surface area contributed by atoms with Crippen LogP contribution in [0.25, 0.3) is 0 Å². The van der Waals surface area contributed by atoms with Gasteiger partial charge in [-0.3, -0.25) is 9.59 Å². The molecule has 1 aromatic rings. The average molecular weight is 283 g/mol. The predicted molar refractivity (Wildman–Crippen MR) is 74.5 cm³/mol. The van der Waals surface area contributed by atoms with Crippen LogP contribution < -0.4 is 5.32 Å². The number of hydrogen-bond acceptors (Lipinski definition) is 4. The SMILES string of the molecule is O=C(O)CNC(CSCC(=O)O)Cc1ccccc1. The lowest BCUT2D eigenvalue weighted by Crippen LogP contribution is -2.37. The molecule has 0 aliphatic carbocycles. The largest absolute Gasteiger partial charge is 0.481 e. The van der Waals surface area contributed by atoms with Crippen molar-refractivity contribution < 1.29 is 19.8 Å². The molecule has 0 spiro atoms. The number of hydrogen-bond donors (Lipinski definition) is 3. The van der Waals surface area contributed by atoms with Crippen LogP contribution in [0, 0.1) is 0 Å². The van der Waals surface area contributed by atoms with Crippen molar-refractivity contribution in [1.82, 2.24) is 5.32 Å². The van der Waals surface area contributed by atoms with Crippen LogP contribution in [0.1, 0.15) is 5.56 Å². The van der Waals surface area contributed by atoms with Gasteiger partial charge in [-0.15, -0.1) is 11.8 Å². The van der Waals surface area contributed by atoms with Crippen LogP contribution in [-0.2, 0) is 16.0 Å². The van der Waals surface area contributed by atoms with Gasteiger partial charge in [-0.05, 0) is 12.0 Å². The van der Waals surface area contributed by atoms with Gasteiger partial charge < -0.3 is 15.5 Å². The molecule has 0 radical (unpaired) electrons. The quantitative estimate of drug-likeness (QED) is 0.629. The van der Waals surface area contributed by atoms with Crippen molar-refractivity contribution in [2.45, 2.75) is 12.5 Å². The van der Waals surface area contributed by atoms with Crippen LogP contribution in [0.2, 0.25) is 0 Å². The first-order valence-electron chi connectivity index (χ1n) is 5.86. The summed E-state index contributed by atoms with van der Waals surface area (Å²) in [7, 11) is 0. The Balaban J connectivity index is 2.48. The third kappa shape index (κ3) is 7.48. The fourth-order valence-electron chi connectivity index (χ4n) is 1.61. The minimum Gasteiger partial charge on any atom is -0.481 e. The summed E-state index contributed by atoms with van der Waals surface area (Å²) in [6.45, 7) is -0.120. The lowest BCUT2D eigenvalue weighted by molar-refractivity contribution is -0.136. The highest BCUT2D eigenvalue weighted by Crippen LogP contribution is 2.09. The highest BCUT2D eigenvalue weighted by atomic mass is 32.2. The zero-order chi connectivity index (χ0) is 14.1. The molecule has 5 nitrogen and oxygen atoms in total. The van der Waals surface area contributed by atoms with Gasteiger partial charge in [0.1, 0.15) is 0 Å². The number of carboxylic acids is 2. The smallest absolute Gasteiger partial charge is 0.317 e. The van der Waals surface area contributed by atoms with Gasteiger partial charge in [0.15, 0.2) is 0 Å². The van der Waals surface area contributed by atoms with Gasteiger partial charge >= 0.3 is 11.9 Å². The summed E-state index contributed by atoms with van der Waals surface area (Å²) in [5.74, 6) is -1.18. The summed E-state index contributed by atoms with van der Waals surface area (Å²) in [5, 5.41) is 20.2. The van der Waals surface area contributed by atoms with E-state index >= 15 is 0 Å². The van der Waals surface area contributed by atoms with Crippen LogP contribution in [-0.4, -0.2) is 46.2 Å². The van der Waals surface area contributed by atoms with E-state index in [0.29, 0.717) is 12.2 Å². The molecule has 0 saturated carbocycles. The Bertz CT molecular complexity index is 410. The Labute approximate surface area is 116 Å². The second-order valence-corrected chi connectivity index (χ2v) is 5.10. The van der Waals surface area contributed by atoms with Crippen molar-refractivity contribution in [3.63, 3.8) is 0 Å². The van der Waals surface area contributed by atoms with Crippen LogP contribution in [0.3, 0.4) is 0 Å². The van der Waals surface area contributed by atoms with E-state index in [1.807, 2.05) is 30.3 Å². The number of carboxylic acid groups (broad SMARTS) is 2. The summed E-state index contributed by atoms with van der Waals surface area (Å²) in [6, 6.07) is 9.65. The number of aliphatic carboxylic acids is 2. The Morgan fingerprint density at radius 2 is 1.84 bits per heavy atom. The maximum absolute atomic E-state index is 10.6. The van der Waals surface area contributed by atoms with Crippen LogP contribution in [0.4, 0.5) is 0 Å². The average Bonchev–Trinajstić information content (AvgIpc) is 2.36. The molecule has 104 valence electrons. The monoisotopic (exact) mass is 283 g/mol. The minimum absolute atomic E-state index is 0.0278. The van der Waals surface area contributed by atoms with Gasteiger partial charge in [0.25, 0.3) is 0 Å². The zero-order valence-corrected chi connectivity index (χ0v) is 11.2. The lowest BCUT2D eigenvalue weighted by Gasteiger charge is -2.17. The maximum atomic E-state index is 10.6. The molecular formula is C13H17NO4S. The third-order valence-corrected chi connectivity index (χ3v) is 3.50. The fraction of sp³-hybridized carbons (Fsp3) is 0.385. The van der Waals surface area contributed by atoms with E-state index < -0.39 is 11.9 Å². The minimum atomic E-state index is -0.915. The van der Waals surface area contributed by atoms with Crippen molar-refractivity contribution in [3.8, 4) is 0 Å². The Morgan fingerprint density at radius 1 is 1.16 bits per heavy atom. The topological polar surface area (TPSA) is 86.6 Å². The van der Waals surface area contributed by atoms with E-state index in [0.717, 1.165) is 5.56 Å². The molecule has 0 amide bonds. The van der Waals surface area contributed by atoms with Gasteiger partial charge in [0.05, 0.1) is 12.3 Å². The van der Waals surface area contributed by atoms with Crippen LogP contribution in [0.5, 0.6) is 0 Å². The van der Waals surface area contributed by atoms with Crippen LogP contribution >= 0.6 is 11.8 Å². The molecule has 0 heterocycles. The molecule has 0 fully saturated rings. The number of benzene rings is 1. The standard InChI is InChI=1S/C13H17NO4S/c15-12(16)7-14-11(8-19-9-13(17)18)6-10-4-2-1-3-5-10/h1-5,11,14H,6-9H2,(H,15,16)(H,17,18). The van der Waals surface area contributed by atoms with Gasteiger partial charge in [0, 0.05) is 11.8 Å². The van der Waals surface area contributed by atoms with Gasteiger partial charge in [-0.2, -0.15) is 0 Å². The first kappa shape index (κ1) is 15.5. The Kier molecular flexibility index (Phi) is 6.99. The molecule has 1 rings (SSSR count). The normalized spacial score (nSPS) is 12.0. The first-order valence-corrected chi connectivity index (χ1v) is 7.02. The highest BCUT2D eigenvalue weighted by molar-refractivity contribution is 7.99. The molecule has 1 aromatic carbocycles. The second kappa shape index (κ2) is 8.55. The van der Waals surface area contributed by atoms with Crippen molar-refractivity contribution in [1.29, 1.82) is 0 Å². The van der Waals surface area contributed by atoms with E-state index in [-0.39, 0.29) is 18.3 Å². The van der Waals surface area contributed by atoms with E-state index in [4.69, 9.17) is 10.2 Å². The van der Waals surface area contributed by atoms with E-state index in [2.05, 4.69) is 5.32 Å². The van der Waals surface area contributed by atoms with Gasteiger partial charge in [-0.25, -0.2) is 0 Å². The van der Waals surface area contributed by atoms with E-state index in [9.17, 15) is 9.59 Å². The molecule has 0 bridgehead atoms. The maximum Gasteiger partial charge on any atom is 0.317 e. The van der Waals surface area contributed by atoms with Crippen LogP contribution in [0.15, 0.2) is 30.3 Å². The molecule has 0 aliphatic rings. The number of thioether (sulfide) groups is 1. The summed E-state index contributed by atoms with van der Waals surface area (Å²) >= 11 is 1.29. The Morgan fingerprint density at radius 3 is 2.42 bits per heavy atom.